The van der Waals surface area contributed by atoms with Crippen LogP contribution in [0.3, 0.4) is 0 Å². The van der Waals surface area contributed by atoms with Crippen LogP contribution in [0.4, 0.5) is 0 Å². The Balaban J connectivity index is 1.76. The largest absolute Gasteiger partial charge is 0.490 e. The van der Waals surface area contributed by atoms with E-state index in [4.69, 9.17) is 4.74 Å². The summed E-state index contributed by atoms with van der Waals surface area (Å²) in [7, 11) is 0. The van der Waals surface area contributed by atoms with Gasteiger partial charge < -0.3 is 4.74 Å². The smallest absolute Gasteiger partial charge is 0.119 e. The molecule has 2 aliphatic carbocycles. The summed E-state index contributed by atoms with van der Waals surface area (Å²) in [4.78, 5) is 0. The molecular formula is C15H18O. The maximum absolute atomic E-state index is 6.13. The maximum Gasteiger partial charge on any atom is 0.119 e. The van der Waals surface area contributed by atoms with Crippen molar-refractivity contribution in [2.75, 3.05) is 0 Å². The van der Waals surface area contributed by atoms with Gasteiger partial charge >= 0.3 is 0 Å². The average Bonchev–Trinajstić information content (AvgIpc) is 2.85. The Kier molecular flexibility index (Phi) is 2.27. The molecule has 2 bridgehead atoms. The summed E-state index contributed by atoms with van der Waals surface area (Å²) in [6.45, 7) is 4.42. The molecule has 0 N–H and O–H groups in total. The van der Waals surface area contributed by atoms with Crippen LogP contribution >= 0.6 is 0 Å². The fourth-order valence-corrected chi connectivity index (χ4v) is 2.99. The topological polar surface area (TPSA) is 9.23 Å². The summed E-state index contributed by atoms with van der Waals surface area (Å²) in [5, 5.41) is 0. The summed E-state index contributed by atoms with van der Waals surface area (Å²) < 4.78 is 6.13. The highest BCUT2D eigenvalue weighted by Crippen LogP contribution is 2.45. The average molecular weight is 214 g/mol. The fourth-order valence-electron chi connectivity index (χ4n) is 2.99. The van der Waals surface area contributed by atoms with Gasteiger partial charge in [0.1, 0.15) is 11.9 Å². The third-order valence-electron chi connectivity index (χ3n) is 4.06. The van der Waals surface area contributed by atoms with E-state index < -0.39 is 0 Å². The van der Waals surface area contributed by atoms with E-state index >= 15 is 0 Å². The monoisotopic (exact) mass is 214 g/mol. The van der Waals surface area contributed by atoms with Gasteiger partial charge in [0, 0.05) is 5.92 Å². The van der Waals surface area contributed by atoms with E-state index in [-0.39, 0.29) is 0 Å². The Morgan fingerprint density at radius 1 is 1.06 bits per heavy atom. The number of rotatable bonds is 2. The minimum Gasteiger partial charge on any atom is -0.490 e. The molecule has 0 aromatic heterocycles. The molecule has 0 amide bonds. The SMILES string of the molecule is Cc1ccc(O[C@@H]2[C@@H](C)[C@H]3C=C[C@@H]2C3)cc1. The number of hydrogen-bond donors (Lipinski definition) is 0. The van der Waals surface area contributed by atoms with Gasteiger partial charge in [0.15, 0.2) is 0 Å². The summed E-state index contributed by atoms with van der Waals surface area (Å²) in [6.07, 6.45) is 6.38. The van der Waals surface area contributed by atoms with Crippen molar-refractivity contribution in [3.63, 3.8) is 0 Å². The molecular weight excluding hydrogens is 196 g/mol. The molecule has 0 aliphatic heterocycles. The lowest BCUT2D eigenvalue weighted by Crippen LogP contribution is -2.28. The first-order chi connectivity index (χ1) is 7.74. The number of allylic oxidation sites excluding steroid dienone is 1. The zero-order valence-electron chi connectivity index (χ0n) is 9.89. The zero-order valence-corrected chi connectivity index (χ0v) is 9.89. The summed E-state index contributed by atoms with van der Waals surface area (Å²) in [5.41, 5.74) is 1.29. The van der Waals surface area contributed by atoms with Crippen molar-refractivity contribution in [2.24, 2.45) is 17.8 Å². The first kappa shape index (κ1) is 9.95. The molecule has 0 heterocycles. The highest BCUT2D eigenvalue weighted by Gasteiger charge is 2.43. The second-order valence-corrected chi connectivity index (χ2v) is 5.20. The third kappa shape index (κ3) is 1.55. The van der Waals surface area contributed by atoms with Crippen LogP contribution in [0, 0.1) is 24.7 Å². The van der Waals surface area contributed by atoms with Crippen molar-refractivity contribution in [3.8, 4) is 5.75 Å². The van der Waals surface area contributed by atoms with E-state index in [1.165, 1.54) is 12.0 Å². The molecule has 1 saturated carbocycles. The van der Waals surface area contributed by atoms with Gasteiger partial charge in [-0.1, -0.05) is 36.8 Å². The second-order valence-electron chi connectivity index (χ2n) is 5.20. The van der Waals surface area contributed by atoms with Gasteiger partial charge in [-0.25, -0.2) is 0 Å². The molecule has 0 saturated heterocycles. The first-order valence-electron chi connectivity index (χ1n) is 6.16. The van der Waals surface area contributed by atoms with E-state index in [1.807, 2.05) is 0 Å². The van der Waals surface area contributed by atoms with Gasteiger partial charge in [-0.15, -0.1) is 0 Å². The molecule has 0 unspecified atom stereocenters. The van der Waals surface area contributed by atoms with Crippen LogP contribution in [0.2, 0.25) is 0 Å². The van der Waals surface area contributed by atoms with Crippen LogP contribution in [0.1, 0.15) is 18.9 Å². The van der Waals surface area contributed by atoms with E-state index in [9.17, 15) is 0 Å². The number of ether oxygens (including phenoxy) is 1. The van der Waals surface area contributed by atoms with E-state index in [0.29, 0.717) is 17.9 Å². The van der Waals surface area contributed by atoms with E-state index in [2.05, 4.69) is 50.3 Å². The van der Waals surface area contributed by atoms with Crippen molar-refractivity contribution in [2.45, 2.75) is 26.4 Å². The fraction of sp³-hybridized carbons (Fsp3) is 0.467. The molecule has 4 atom stereocenters. The Labute approximate surface area is 97.1 Å². The Bertz CT molecular complexity index is 404. The van der Waals surface area contributed by atoms with Crippen LogP contribution in [-0.2, 0) is 0 Å². The van der Waals surface area contributed by atoms with Crippen LogP contribution in [-0.4, -0.2) is 6.10 Å². The Morgan fingerprint density at radius 3 is 2.38 bits per heavy atom. The molecule has 3 rings (SSSR count). The van der Waals surface area contributed by atoms with Gasteiger partial charge in [-0.3, -0.25) is 0 Å². The second kappa shape index (κ2) is 3.65. The molecule has 0 radical (unpaired) electrons. The highest BCUT2D eigenvalue weighted by molar-refractivity contribution is 5.27. The standard InChI is InChI=1S/C15H18O/c1-10-3-7-14(8-4-10)16-15-11(2)12-5-6-13(15)9-12/h3-8,11-13,15H,9H2,1-2H3/t11-,12-,13+,15+/m0/s1. The predicted octanol–water partition coefficient (Wildman–Crippen LogP) is 3.58. The summed E-state index contributed by atoms with van der Waals surface area (Å²) in [5.74, 6) is 3.07. The van der Waals surface area contributed by atoms with Crippen molar-refractivity contribution in [1.82, 2.24) is 0 Å². The molecule has 16 heavy (non-hydrogen) atoms. The first-order valence-corrected chi connectivity index (χ1v) is 6.16. The van der Waals surface area contributed by atoms with Crippen LogP contribution in [0.25, 0.3) is 0 Å². The molecule has 0 spiro atoms. The Hall–Kier alpha value is -1.24. The quantitative estimate of drug-likeness (QED) is 0.684. The number of aryl methyl sites for hydroxylation is 1. The van der Waals surface area contributed by atoms with E-state index in [1.54, 1.807) is 0 Å². The molecule has 1 aromatic rings. The van der Waals surface area contributed by atoms with Crippen molar-refractivity contribution < 1.29 is 4.74 Å². The lowest BCUT2D eigenvalue weighted by atomic mass is 9.93. The minimum absolute atomic E-state index is 0.387. The predicted molar refractivity (Wildman–Crippen MR) is 65.5 cm³/mol. The molecule has 1 aromatic carbocycles. The van der Waals surface area contributed by atoms with Crippen LogP contribution in [0.5, 0.6) is 5.75 Å². The summed E-state index contributed by atoms with van der Waals surface area (Å²) in [6, 6.07) is 8.39. The normalized spacial score (nSPS) is 35.6. The number of fused-ring (bicyclic) bond motifs is 2. The van der Waals surface area contributed by atoms with Gasteiger partial charge in [0.2, 0.25) is 0 Å². The maximum atomic E-state index is 6.13. The lowest BCUT2D eigenvalue weighted by molar-refractivity contribution is 0.130. The van der Waals surface area contributed by atoms with Crippen molar-refractivity contribution in [3.05, 3.63) is 42.0 Å². The molecule has 1 fully saturated rings. The van der Waals surface area contributed by atoms with Crippen molar-refractivity contribution >= 4 is 0 Å². The molecule has 1 heteroatoms. The Morgan fingerprint density at radius 2 is 1.75 bits per heavy atom. The number of hydrogen-bond acceptors (Lipinski definition) is 1. The number of benzene rings is 1. The van der Waals surface area contributed by atoms with Crippen LogP contribution in [0.15, 0.2) is 36.4 Å². The van der Waals surface area contributed by atoms with Gasteiger partial charge in [-0.2, -0.15) is 0 Å². The third-order valence-corrected chi connectivity index (χ3v) is 4.06. The minimum atomic E-state index is 0.387. The summed E-state index contributed by atoms with van der Waals surface area (Å²) >= 11 is 0. The van der Waals surface area contributed by atoms with Gasteiger partial charge in [0.05, 0.1) is 0 Å². The molecule has 2 aliphatic rings. The van der Waals surface area contributed by atoms with Gasteiger partial charge in [-0.05, 0) is 37.3 Å². The van der Waals surface area contributed by atoms with Crippen molar-refractivity contribution in [1.29, 1.82) is 0 Å². The lowest BCUT2D eigenvalue weighted by Gasteiger charge is -2.25. The molecule has 1 nitrogen and oxygen atoms in total. The molecule has 84 valence electrons. The van der Waals surface area contributed by atoms with Crippen LogP contribution < -0.4 is 4.74 Å². The van der Waals surface area contributed by atoms with E-state index in [0.717, 1.165) is 11.7 Å². The zero-order chi connectivity index (χ0) is 11.1. The van der Waals surface area contributed by atoms with Gasteiger partial charge in [0.25, 0.3) is 0 Å². The highest BCUT2D eigenvalue weighted by atomic mass is 16.5.